The monoisotopic (exact) mass is 441 g/mol. The summed E-state index contributed by atoms with van der Waals surface area (Å²) in [6.45, 7) is 4.96. The molecule has 0 unspecified atom stereocenters. The molecule has 1 aliphatic rings. The summed E-state index contributed by atoms with van der Waals surface area (Å²) in [5.74, 6) is 0.692. The van der Waals surface area contributed by atoms with E-state index in [0.717, 1.165) is 17.1 Å². The van der Waals surface area contributed by atoms with Crippen molar-refractivity contribution in [2.45, 2.75) is 38.6 Å². The molecule has 0 amide bonds. The molecule has 12 heteroatoms. The maximum atomic E-state index is 12.6. The molecule has 2 heterocycles. The van der Waals surface area contributed by atoms with Crippen LogP contribution in [0.5, 0.6) is 0 Å². The number of piperidine rings is 1. The highest BCUT2D eigenvalue weighted by atomic mass is 32.2. The summed E-state index contributed by atoms with van der Waals surface area (Å²) in [5, 5.41) is 7.40. The summed E-state index contributed by atoms with van der Waals surface area (Å²) in [4.78, 5) is 9.82. The number of aryl methyl sites for hydroxylation is 2. The zero-order chi connectivity index (χ0) is 20.9. The number of sulfonamides is 1. The van der Waals surface area contributed by atoms with Gasteiger partial charge in [0.15, 0.2) is 5.96 Å². The van der Waals surface area contributed by atoms with Crippen LogP contribution in [0.2, 0.25) is 0 Å². The Kier molecular flexibility index (Phi) is 7.68. The Morgan fingerprint density at radius 2 is 1.93 bits per heavy atom. The average molecular weight is 442 g/mol. The van der Waals surface area contributed by atoms with Gasteiger partial charge in [-0.3, -0.25) is 4.99 Å². The van der Waals surface area contributed by atoms with Crippen molar-refractivity contribution in [1.82, 2.24) is 19.9 Å². The molecule has 0 aromatic carbocycles. The number of alkyl halides is 3. The first-order valence-corrected chi connectivity index (χ1v) is 11.2. The van der Waals surface area contributed by atoms with E-state index >= 15 is 0 Å². The first-order chi connectivity index (χ1) is 13.0. The Balaban J connectivity index is 1.73. The van der Waals surface area contributed by atoms with E-state index in [4.69, 9.17) is 0 Å². The van der Waals surface area contributed by atoms with E-state index in [-0.39, 0.29) is 19.0 Å². The Bertz CT molecular complexity index is 765. The van der Waals surface area contributed by atoms with Gasteiger partial charge in [-0.1, -0.05) is 0 Å². The molecule has 1 aliphatic heterocycles. The van der Waals surface area contributed by atoms with Gasteiger partial charge in [-0.05, 0) is 32.6 Å². The van der Waals surface area contributed by atoms with Crippen LogP contribution >= 0.6 is 11.3 Å². The van der Waals surface area contributed by atoms with Gasteiger partial charge in [0.2, 0.25) is 0 Å². The number of guanidine groups is 1. The molecule has 1 saturated heterocycles. The van der Waals surface area contributed by atoms with E-state index in [1.807, 2.05) is 13.8 Å². The third-order valence-corrected chi connectivity index (χ3v) is 7.45. The van der Waals surface area contributed by atoms with E-state index in [2.05, 4.69) is 20.6 Å². The van der Waals surface area contributed by atoms with Crippen molar-refractivity contribution in [1.29, 1.82) is 0 Å². The predicted octanol–water partition coefficient (Wildman–Crippen LogP) is 2.03. The van der Waals surface area contributed by atoms with Crippen molar-refractivity contribution in [2.75, 3.05) is 33.2 Å². The highest BCUT2D eigenvalue weighted by molar-refractivity contribution is 7.90. The maximum absolute atomic E-state index is 12.6. The maximum Gasteiger partial charge on any atom is 0.511 e. The van der Waals surface area contributed by atoms with E-state index in [0.29, 0.717) is 36.2 Å². The van der Waals surface area contributed by atoms with Gasteiger partial charge in [0.05, 0.1) is 10.7 Å². The predicted molar refractivity (Wildman–Crippen MR) is 104 cm³/mol. The lowest BCUT2D eigenvalue weighted by Crippen LogP contribution is -2.47. The number of hydrogen-bond acceptors (Lipinski definition) is 5. The van der Waals surface area contributed by atoms with Crippen molar-refractivity contribution in [3.8, 4) is 0 Å². The summed E-state index contributed by atoms with van der Waals surface area (Å²) in [7, 11) is -3.58. The van der Waals surface area contributed by atoms with Crippen LogP contribution in [-0.4, -0.2) is 62.4 Å². The van der Waals surface area contributed by atoms with Gasteiger partial charge in [0.1, 0.15) is 0 Å². The number of aromatic nitrogens is 1. The minimum Gasteiger partial charge on any atom is -0.356 e. The summed E-state index contributed by atoms with van der Waals surface area (Å²) in [5.41, 5.74) is -4.19. The van der Waals surface area contributed by atoms with Gasteiger partial charge < -0.3 is 10.6 Å². The van der Waals surface area contributed by atoms with E-state index < -0.39 is 15.5 Å². The Morgan fingerprint density at radius 3 is 2.43 bits per heavy atom. The minimum absolute atomic E-state index is 0.0856. The number of nitrogens with one attached hydrogen (secondary N) is 2. The summed E-state index contributed by atoms with van der Waals surface area (Å²) < 4.78 is 61.2. The molecule has 0 aliphatic carbocycles. The van der Waals surface area contributed by atoms with Crippen LogP contribution in [0.25, 0.3) is 0 Å². The average Bonchev–Trinajstić information content (AvgIpc) is 2.95. The molecule has 1 aromatic heterocycles. The quantitative estimate of drug-likeness (QED) is 0.521. The fourth-order valence-electron chi connectivity index (χ4n) is 2.90. The second-order valence-electron chi connectivity index (χ2n) is 6.67. The van der Waals surface area contributed by atoms with Crippen LogP contribution in [0.15, 0.2) is 4.99 Å². The van der Waals surface area contributed by atoms with Crippen LogP contribution in [0.3, 0.4) is 0 Å². The Labute approximate surface area is 167 Å². The standard InChI is InChI=1S/C16H26F3N5O2S2/c1-11-12(2)27-14(23-11)4-7-21-15(20-3)22-10-13-5-8-24(9-6-13)28(25,26)16(17,18)19/h13H,4-10H2,1-3H3,(H2,20,21,22). The number of hydrogen-bond donors (Lipinski definition) is 2. The number of aliphatic imine (C=N–C) groups is 1. The van der Waals surface area contributed by atoms with E-state index in [9.17, 15) is 21.6 Å². The van der Waals surface area contributed by atoms with E-state index in [1.54, 1.807) is 18.4 Å². The van der Waals surface area contributed by atoms with Crippen molar-refractivity contribution in [3.05, 3.63) is 15.6 Å². The molecule has 0 radical (unpaired) electrons. The lowest BCUT2D eigenvalue weighted by molar-refractivity contribution is -0.0496. The molecule has 1 fully saturated rings. The summed E-state index contributed by atoms with van der Waals surface area (Å²) >= 11 is 1.67. The molecular weight excluding hydrogens is 415 g/mol. The molecule has 28 heavy (non-hydrogen) atoms. The fourth-order valence-corrected chi connectivity index (χ4v) is 4.81. The highest BCUT2D eigenvalue weighted by Gasteiger charge is 2.50. The van der Waals surface area contributed by atoms with Gasteiger partial charge in [-0.25, -0.2) is 13.4 Å². The van der Waals surface area contributed by atoms with Crippen LogP contribution in [0.4, 0.5) is 13.2 Å². The molecule has 160 valence electrons. The smallest absolute Gasteiger partial charge is 0.356 e. The molecule has 7 nitrogen and oxygen atoms in total. The van der Waals surface area contributed by atoms with Crippen molar-refractivity contribution >= 4 is 27.3 Å². The Hall–Kier alpha value is -1.40. The SMILES string of the molecule is CN=C(NCCc1nc(C)c(C)s1)NCC1CCN(S(=O)(=O)C(F)(F)F)CC1. The molecule has 2 N–H and O–H groups in total. The third kappa shape index (κ3) is 5.80. The largest absolute Gasteiger partial charge is 0.511 e. The second-order valence-corrected chi connectivity index (χ2v) is 9.89. The van der Waals surface area contributed by atoms with Gasteiger partial charge in [-0.2, -0.15) is 17.5 Å². The highest BCUT2D eigenvalue weighted by Crippen LogP contribution is 2.30. The lowest BCUT2D eigenvalue weighted by atomic mass is 9.98. The number of thiazole rings is 1. The number of halogens is 3. The summed E-state index contributed by atoms with van der Waals surface area (Å²) in [6, 6.07) is 0. The lowest BCUT2D eigenvalue weighted by Gasteiger charge is -2.31. The first-order valence-electron chi connectivity index (χ1n) is 8.98. The molecule has 2 rings (SSSR count). The third-order valence-electron chi connectivity index (χ3n) is 4.69. The van der Waals surface area contributed by atoms with Crippen molar-refractivity contribution in [2.24, 2.45) is 10.9 Å². The zero-order valence-electron chi connectivity index (χ0n) is 16.1. The van der Waals surface area contributed by atoms with Crippen molar-refractivity contribution < 1.29 is 21.6 Å². The van der Waals surface area contributed by atoms with Gasteiger partial charge >= 0.3 is 15.5 Å². The number of nitrogens with zero attached hydrogens (tertiary/aromatic N) is 3. The fraction of sp³-hybridized carbons (Fsp3) is 0.750. The van der Waals surface area contributed by atoms with Gasteiger partial charge in [-0.15, -0.1) is 11.3 Å². The number of rotatable bonds is 6. The normalized spacial score (nSPS) is 17.7. The minimum atomic E-state index is -5.24. The molecular formula is C16H26F3N5O2S2. The first kappa shape index (κ1) is 22.9. The van der Waals surface area contributed by atoms with Gasteiger partial charge in [0.25, 0.3) is 0 Å². The topological polar surface area (TPSA) is 86.7 Å². The molecule has 0 bridgehead atoms. The van der Waals surface area contributed by atoms with E-state index in [1.165, 1.54) is 4.88 Å². The molecule has 0 saturated carbocycles. The van der Waals surface area contributed by atoms with Crippen LogP contribution in [-0.2, 0) is 16.4 Å². The van der Waals surface area contributed by atoms with Gasteiger partial charge in [0, 0.05) is 44.5 Å². The Morgan fingerprint density at radius 1 is 1.29 bits per heavy atom. The van der Waals surface area contributed by atoms with Crippen LogP contribution in [0.1, 0.15) is 28.4 Å². The zero-order valence-corrected chi connectivity index (χ0v) is 17.8. The molecule has 1 aromatic rings. The summed E-state index contributed by atoms with van der Waals surface area (Å²) in [6.07, 6.45) is 1.52. The van der Waals surface area contributed by atoms with Crippen LogP contribution < -0.4 is 10.6 Å². The van der Waals surface area contributed by atoms with Crippen LogP contribution in [0, 0.1) is 19.8 Å². The molecule has 0 atom stereocenters. The molecule has 0 spiro atoms. The van der Waals surface area contributed by atoms with Crippen molar-refractivity contribution in [3.63, 3.8) is 0 Å². The second kappa shape index (κ2) is 9.40.